The van der Waals surface area contributed by atoms with Crippen molar-refractivity contribution in [3.8, 4) is 0 Å². The van der Waals surface area contributed by atoms with Gasteiger partial charge in [-0.15, -0.1) is 0 Å². The van der Waals surface area contributed by atoms with Crippen LogP contribution in [-0.4, -0.2) is 30.1 Å². The molecule has 0 spiro atoms. The van der Waals surface area contributed by atoms with Crippen LogP contribution in [0.2, 0.25) is 0 Å². The van der Waals surface area contributed by atoms with E-state index in [1.165, 1.54) is 12.8 Å². The Balaban J connectivity index is 1.84. The second kappa shape index (κ2) is 4.81. The van der Waals surface area contributed by atoms with Crippen LogP contribution in [-0.2, 0) is 0 Å². The average Bonchev–Trinajstić information content (AvgIpc) is 2.76. The van der Waals surface area contributed by atoms with E-state index in [1.54, 1.807) is 12.1 Å². The molecule has 3 rings (SSSR count). The van der Waals surface area contributed by atoms with E-state index in [2.05, 4.69) is 10.2 Å². The smallest absolute Gasteiger partial charge is 0.292 e. The van der Waals surface area contributed by atoms with Crippen molar-refractivity contribution in [1.29, 1.82) is 0 Å². The molecule has 1 N–H and O–H groups in total. The van der Waals surface area contributed by atoms with Gasteiger partial charge in [-0.2, -0.15) is 0 Å². The zero-order valence-electron chi connectivity index (χ0n) is 11.1. The van der Waals surface area contributed by atoms with Gasteiger partial charge in [0, 0.05) is 31.2 Å². The summed E-state index contributed by atoms with van der Waals surface area (Å²) in [5.41, 5.74) is 0.940. The molecule has 2 saturated heterocycles. The number of nitrogens with zero attached hydrogens (tertiary/aromatic N) is 2. The maximum absolute atomic E-state index is 11.1. The molecular formula is C14H19N3O2. The number of anilines is 1. The van der Waals surface area contributed by atoms with E-state index in [-0.39, 0.29) is 10.6 Å². The minimum atomic E-state index is -0.290. The number of nitrogens with one attached hydrogen (secondary N) is 1. The molecule has 2 aliphatic heterocycles. The summed E-state index contributed by atoms with van der Waals surface area (Å²) in [4.78, 5) is 12.9. The summed E-state index contributed by atoms with van der Waals surface area (Å²) in [5.74, 6) is 0. The standard InChI is InChI=1S/C14H19N3O2/c1-16(12-8-10-6-7-11(9-12)15-10)13-4-2-3-5-14(13)17(18)19/h2-5,10-12,15H,6-9H2,1H3. The van der Waals surface area contributed by atoms with E-state index in [1.807, 2.05) is 19.2 Å². The highest BCUT2D eigenvalue weighted by Gasteiger charge is 2.36. The molecule has 19 heavy (non-hydrogen) atoms. The number of nitro groups is 1. The first-order valence-corrected chi connectivity index (χ1v) is 6.87. The summed E-state index contributed by atoms with van der Waals surface area (Å²) in [6.07, 6.45) is 4.65. The highest BCUT2D eigenvalue weighted by molar-refractivity contribution is 5.63. The van der Waals surface area contributed by atoms with Crippen molar-refractivity contribution in [2.75, 3.05) is 11.9 Å². The molecular weight excluding hydrogens is 242 g/mol. The van der Waals surface area contributed by atoms with Crippen molar-refractivity contribution in [3.05, 3.63) is 34.4 Å². The lowest BCUT2D eigenvalue weighted by Crippen LogP contribution is -2.47. The maximum atomic E-state index is 11.1. The van der Waals surface area contributed by atoms with Crippen molar-refractivity contribution >= 4 is 11.4 Å². The molecule has 5 nitrogen and oxygen atoms in total. The number of benzene rings is 1. The Bertz CT molecular complexity index is 479. The van der Waals surface area contributed by atoms with E-state index < -0.39 is 0 Å². The van der Waals surface area contributed by atoms with Crippen molar-refractivity contribution in [2.45, 2.75) is 43.8 Å². The van der Waals surface area contributed by atoms with Gasteiger partial charge in [-0.3, -0.25) is 10.1 Å². The van der Waals surface area contributed by atoms with E-state index in [0.29, 0.717) is 18.1 Å². The molecule has 0 amide bonds. The molecule has 5 heteroatoms. The molecule has 0 saturated carbocycles. The SMILES string of the molecule is CN(c1ccccc1[N+](=O)[O-])C1CC2CCC(C1)N2. The molecule has 2 heterocycles. The molecule has 2 aliphatic rings. The third kappa shape index (κ3) is 2.30. The second-order valence-electron chi connectivity index (χ2n) is 5.62. The molecule has 0 aliphatic carbocycles. The van der Waals surface area contributed by atoms with Crippen molar-refractivity contribution in [3.63, 3.8) is 0 Å². The minimum Gasteiger partial charge on any atom is -0.366 e. The molecule has 2 fully saturated rings. The summed E-state index contributed by atoms with van der Waals surface area (Å²) >= 11 is 0. The van der Waals surface area contributed by atoms with Crippen LogP contribution in [0.4, 0.5) is 11.4 Å². The molecule has 2 bridgehead atoms. The molecule has 2 unspecified atom stereocenters. The highest BCUT2D eigenvalue weighted by atomic mass is 16.6. The summed E-state index contributed by atoms with van der Waals surface area (Å²) in [6, 6.07) is 8.61. The van der Waals surface area contributed by atoms with Gasteiger partial charge < -0.3 is 10.2 Å². The Morgan fingerprint density at radius 2 is 1.89 bits per heavy atom. The fraction of sp³-hybridized carbons (Fsp3) is 0.571. The van der Waals surface area contributed by atoms with Crippen molar-refractivity contribution in [1.82, 2.24) is 5.32 Å². The fourth-order valence-corrected chi connectivity index (χ4v) is 3.46. The van der Waals surface area contributed by atoms with Gasteiger partial charge in [0.25, 0.3) is 5.69 Å². The largest absolute Gasteiger partial charge is 0.366 e. The Morgan fingerprint density at radius 1 is 1.26 bits per heavy atom. The number of fused-ring (bicyclic) bond motifs is 2. The quantitative estimate of drug-likeness (QED) is 0.670. The van der Waals surface area contributed by atoms with Crippen molar-refractivity contribution in [2.24, 2.45) is 0 Å². The van der Waals surface area contributed by atoms with Crippen LogP contribution in [0.5, 0.6) is 0 Å². The molecule has 0 aromatic heterocycles. The first kappa shape index (κ1) is 12.4. The summed E-state index contributed by atoms with van der Waals surface area (Å²) < 4.78 is 0. The Morgan fingerprint density at radius 3 is 2.53 bits per heavy atom. The first-order chi connectivity index (χ1) is 9.15. The van der Waals surface area contributed by atoms with Gasteiger partial charge in [-0.05, 0) is 31.7 Å². The third-order valence-electron chi connectivity index (χ3n) is 4.45. The molecule has 1 aromatic carbocycles. The third-order valence-corrected chi connectivity index (χ3v) is 4.45. The molecule has 1 aromatic rings. The summed E-state index contributed by atoms with van der Waals surface area (Å²) in [6.45, 7) is 0. The maximum Gasteiger partial charge on any atom is 0.292 e. The van der Waals surface area contributed by atoms with Crippen molar-refractivity contribution < 1.29 is 4.92 Å². The topological polar surface area (TPSA) is 58.4 Å². The lowest BCUT2D eigenvalue weighted by Gasteiger charge is -2.36. The molecule has 102 valence electrons. The monoisotopic (exact) mass is 261 g/mol. The Kier molecular flexibility index (Phi) is 3.14. The Labute approximate surface area is 112 Å². The predicted octanol–water partition coefficient (Wildman–Crippen LogP) is 2.31. The second-order valence-corrected chi connectivity index (χ2v) is 5.62. The van der Waals surface area contributed by atoms with Gasteiger partial charge in [0.2, 0.25) is 0 Å². The average molecular weight is 261 g/mol. The van der Waals surface area contributed by atoms with Crippen LogP contribution in [0.3, 0.4) is 0 Å². The lowest BCUT2D eigenvalue weighted by atomic mass is 9.98. The zero-order valence-corrected chi connectivity index (χ0v) is 11.1. The Hall–Kier alpha value is -1.62. The number of nitro benzene ring substituents is 1. The number of piperidine rings is 1. The molecule has 2 atom stereocenters. The van der Waals surface area contributed by atoms with Gasteiger partial charge in [0.05, 0.1) is 4.92 Å². The normalized spacial score (nSPS) is 29.2. The van der Waals surface area contributed by atoms with Crippen LogP contribution in [0.15, 0.2) is 24.3 Å². The van der Waals surface area contributed by atoms with Crippen LogP contribution in [0.25, 0.3) is 0 Å². The van der Waals surface area contributed by atoms with Crippen LogP contribution in [0.1, 0.15) is 25.7 Å². The number of para-hydroxylation sites is 2. The van der Waals surface area contributed by atoms with E-state index in [0.717, 1.165) is 18.5 Å². The lowest BCUT2D eigenvalue weighted by molar-refractivity contribution is -0.384. The first-order valence-electron chi connectivity index (χ1n) is 6.87. The minimum absolute atomic E-state index is 0.205. The van der Waals surface area contributed by atoms with Gasteiger partial charge in [0.15, 0.2) is 0 Å². The van der Waals surface area contributed by atoms with E-state index >= 15 is 0 Å². The van der Waals surface area contributed by atoms with Gasteiger partial charge in [-0.25, -0.2) is 0 Å². The van der Waals surface area contributed by atoms with E-state index in [9.17, 15) is 10.1 Å². The predicted molar refractivity (Wildman–Crippen MR) is 74.5 cm³/mol. The summed E-state index contributed by atoms with van der Waals surface area (Å²) in [7, 11) is 1.98. The van der Waals surface area contributed by atoms with E-state index in [4.69, 9.17) is 0 Å². The fourth-order valence-electron chi connectivity index (χ4n) is 3.46. The van der Waals surface area contributed by atoms with Crippen LogP contribution >= 0.6 is 0 Å². The van der Waals surface area contributed by atoms with Gasteiger partial charge in [-0.1, -0.05) is 12.1 Å². The zero-order chi connectivity index (χ0) is 13.4. The number of rotatable bonds is 3. The number of hydrogen-bond donors (Lipinski definition) is 1. The van der Waals surface area contributed by atoms with Gasteiger partial charge >= 0.3 is 0 Å². The highest BCUT2D eigenvalue weighted by Crippen LogP contribution is 2.34. The van der Waals surface area contributed by atoms with Crippen LogP contribution < -0.4 is 10.2 Å². The van der Waals surface area contributed by atoms with Crippen LogP contribution in [0, 0.1) is 10.1 Å². The number of hydrogen-bond acceptors (Lipinski definition) is 4. The van der Waals surface area contributed by atoms with Gasteiger partial charge in [0.1, 0.15) is 5.69 Å². The molecule has 0 radical (unpaired) electrons. The summed E-state index contributed by atoms with van der Waals surface area (Å²) in [5, 5.41) is 14.7.